The van der Waals surface area contributed by atoms with E-state index in [1.54, 1.807) is 25.6 Å². The highest BCUT2D eigenvalue weighted by Crippen LogP contribution is 2.24. The minimum atomic E-state index is 0.384. The Hall–Kier alpha value is -2.32. The lowest BCUT2D eigenvalue weighted by Crippen LogP contribution is -2.45. The number of hydrogen-bond donors (Lipinski definition) is 2. The zero-order valence-corrected chi connectivity index (χ0v) is 19.2. The molecule has 3 rings (SSSR count). The summed E-state index contributed by atoms with van der Waals surface area (Å²) in [6.07, 6.45) is 3.00. The zero-order chi connectivity index (χ0) is 21.3. The largest absolute Gasteiger partial charge is 0.497 e. The summed E-state index contributed by atoms with van der Waals surface area (Å²) in [4.78, 5) is 11.5. The average Bonchev–Trinajstić information content (AvgIpc) is 3.41. The number of ether oxygens (including phenoxy) is 2. The molecule has 0 radical (unpaired) electrons. The summed E-state index contributed by atoms with van der Waals surface area (Å²) in [5.41, 5.74) is 2.35. The highest BCUT2D eigenvalue weighted by atomic mass is 32.1. The molecule has 7 nitrogen and oxygen atoms in total. The molecule has 0 aliphatic carbocycles. The first-order valence-corrected chi connectivity index (χ1v) is 11.4. The molecular formula is C22H33N5O2S. The van der Waals surface area contributed by atoms with Crippen LogP contribution in [0.4, 0.5) is 0 Å². The van der Waals surface area contributed by atoms with E-state index in [0.717, 1.165) is 68.6 Å². The van der Waals surface area contributed by atoms with E-state index >= 15 is 0 Å². The van der Waals surface area contributed by atoms with Crippen LogP contribution in [0.5, 0.6) is 11.5 Å². The smallest absolute Gasteiger partial charge is 0.191 e. The van der Waals surface area contributed by atoms with Crippen LogP contribution in [-0.4, -0.2) is 62.8 Å². The first-order chi connectivity index (χ1) is 14.6. The van der Waals surface area contributed by atoms with Gasteiger partial charge in [0.2, 0.25) is 0 Å². The lowest BCUT2D eigenvalue weighted by atomic mass is 10.2. The first-order valence-electron chi connectivity index (χ1n) is 10.5. The first kappa shape index (κ1) is 22.4. The number of nitrogens with one attached hydrogen (secondary N) is 2. The number of nitrogens with zero attached hydrogens (tertiary/aromatic N) is 3. The average molecular weight is 432 g/mol. The maximum absolute atomic E-state index is 5.39. The van der Waals surface area contributed by atoms with Gasteiger partial charge < -0.3 is 20.1 Å². The van der Waals surface area contributed by atoms with Gasteiger partial charge in [0.05, 0.1) is 24.9 Å². The van der Waals surface area contributed by atoms with Gasteiger partial charge in [-0.1, -0.05) is 6.92 Å². The Bertz CT molecular complexity index is 816. The van der Waals surface area contributed by atoms with Gasteiger partial charge in [0, 0.05) is 57.1 Å². The van der Waals surface area contributed by atoms with Crippen LogP contribution in [0.15, 0.2) is 28.6 Å². The molecule has 1 atom stereocenters. The third kappa shape index (κ3) is 6.34. The van der Waals surface area contributed by atoms with Gasteiger partial charge in [-0.25, -0.2) is 4.98 Å². The van der Waals surface area contributed by atoms with Crippen LogP contribution < -0.4 is 20.1 Å². The second kappa shape index (κ2) is 11.2. The molecule has 2 aromatic rings. The molecule has 0 bridgehead atoms. The summed E-state index contributed by atoms with van der Waals surface area (Å²) in [7, 11) is 5.19. The Morgan fingerprint density at radius 1 is 1.27 bits per heavy atom. The van der Waals surface area contributed by atoms with Crippen LogP contribution in [0, 0.1) is 0 Å². The summed E-state index contributed by atoms with van der Waals surface area (Å²) >= 11 is 1.74. The van der Waals surface area contributed by atoms with Crippen molar-refractivity contribution in [3.05, 3.63) is 39.8 Å². The molecule has 0 spiro atoms. The number of aliphatic imine (C=N–C) groups is 1. The van der Waals surface area contributed by atoms with E-state index in [9.17, 15) is 0 Å². The zero-order valence-electron chi connectivity index (χ0n) is 18.4. The molecule has 8 heteroatoms. The SMILES string of the molecule is CCc1nc(CCNC(=NC)NC2CCN(Cc3cc(OC)cc(OC)c3)C2)cs1. The van der Waals surface area contributed by atoms with Crippen molar-refractivity contribution >= 4 is 17.3 Å². The van der Waals surface area contributed by atoms with Crippen LogP contribution in [0.25, 0.3) is 0 Å². The predicted octanol–water partition coefficient (Wildman–Crippen LogP) is 2.70. The van der Waals surface area contributed by atoms with Crippen LogP contribution in [-0.2, 0) is 19.4 Å². The quantitative estimate of drug-likeness (QED) is 0.470. The Kier molecular flexibility index (Phi) is 8.33. The van der Waals surface area contributed by atoms with Gasteiger partial charge in [-0.05, 0) is 30.5 Å². The fraction of sp³-hybridized carbons (Fsp3) is 0.545. The Labute approximate surface area is 183 Å². The summed E-state index contributed by atoms with van der Waals surface area (Å²) in [5, 5.41) is 10.3. The molecule has 164 valence electrons. The second-order valence-electron chi connectivity index (χ2n) is 7.42. The van der Waals surface area contributed by atoms with Gasteiger partial charge in [-0.3, -0.25) is 9.89 Å². The summed E-state index contributed by atoms with van der Waals surface area (Å²) < 4.78 is 10.8. The fourth-order valence-corrected chi connectivity index (χ4v) is 4.41. The van der Waals surface area contributed by atoms with Gasteiger partial charge in [-0.15, -0.1) is 11.3 Å². The maximum atomic E-state index is 5.39. The minimum absolute atomic E-state index is 0.384. The molecule has 2 N–H and O–H groups in total. The van der Waals surface area contributed by atoms with Gasteiger partial charge in [0.15, 0.2) is 5.96 Å². The summed E-state index contributed by atoms with van der Waals surface area (Å²) in [6.45, 7) is 5.87. The Morgan fingerprint density at radius 3 is 2.67 bits per heavy atom. The van der Waals surface area contributed by atoms with Crippen LogP contribution in [0.1, 0.15) is 29.6 Å². The van der Waals surface area contributed by atoms with Crippen LogP contribution in [0.2, 0.25) is 0 Å². The van der Waals surface area contributed by atoms with Crippen molar-refractivity contribution in [1.29, 1.82) is 0 Å². The maximum Gasteiger partial charge on any atom is 0.191 e. The standard InChI is InChI=1S/C22H33N5O2S/c1-5-21-25-18(15-30-21)6-8-24-22(23-2)26-17-7-9-27(14-17)13-16-10-19(28-3)12-20(11-16)29-4/h10-12,15,17H,5-9,13-14H2,1-4H3,(H2,23,24,26). The van der Waals surface area contributed by atoms with Crippen molar-refractivity contribution in [3.63, 3.8) is 0 Å². The number of benzene rings is 1. The van der Waals surface area contributed by atoms with Crippen molar-refractivity contribution in [2.75, 3.05) is 40.9 Å². The van der Waals surface area contributed by atoms with E-state index in [4.69, 9.17) is 9.47 Å². The lowest BCUT2D eigenvalue weighted by molar-refractivity contribution is 0.321. The Balaban J connectivity index is 1.45. The number of hydrogen-bond acceptors (Lipinski definition) is 6. The molecule has 1 aliphatic heterocycles. The molecular weight excluding hydrogens is 398 g/mol. The van der Waals surface area contributed by atoms with Gasteiger partial charge in [0.25, 0.3) is 0 Å². The monoisotopic (exact) mass is 431 g/mol. The number of guanidine groups is 1. The van der Waals surface area contributed by atoms with Crippen molar-refractivity contribution in [2.45, 2.75) is 38.8 Å². The molecule has 2 heterocycles. The van der Waals surface area contributed by atoms with E-state index in [0.29, 0.717) is 6.04 Å². The third-order valence-electron chi connectivity index (χ3n) is 5.23. The topological polar surface area (TPSA) is 71.0 Å². The number of methoxy groups -OCH3 is 2. The molecule has 1 aliphatic rings. The Morgan fingerprint density at radius 2 is 2.03 bits per heavy atom. The van der Waals surface area contributed by atoms with E-state index in [1.807, 2.05) is 13.1 Å². The van der Waals surface area contributed by atoms with Crippen LogP contribution in [0.3, 0.4) is 0 Å². The van der Waals surface area contributed by atoms with Gasteiger partial charge in [-0.2, -0.15) is 0 Å². The van der Waals surface area contributed by atoms with Crippen LogP contribution >= 0.6 is 11.3 Å². The second-order valence-corrected chi connectivity index (χ2v) is 8.36. The molecule has 0 amide bonds. The van der Waals surface area contributed by atoms with E-state index in [1.165, 1.54) is 10.6 Å². The normalized spacial score (nSPS) is 17.2. The number of thiazole rings is 1. The summed E-state index contributed by atoms with van der Waals surface area (Å²) in [6, 6.07) is 6.44. The third-order valence-corrected chi connectivity index (χ3v) is 6.27. The minimum Gasteiger partial charge on any atom is -0.497 e. The van der Waals surface area contributed by atoms with Crippen molar-refractivity contribution < 1.29 is 9.47 Å². The molecule has 1 saturated heterocycles. The highest BCUT2D eigenvalue weighted by molar-refractivity contribution is 7.09. The van der Waals surface area contributed by atoms with Crippen molar-refractivity contribution in [2.24, 2.45) is 4.99 Å². The molecule has 1 aromatic carbocycles. The number of rotatable bonds is 9. The van der Waals surface area contributed by atoms with Gasteiger partial charge in [0.1, 0.15) is 11.5 Å². The molecule has 0 saturated carbocycles. The van der Waals surface area contributed by atoms with E-state index < -0.39 is 0 Å². The summed E-state index contributed by atoms with van der Waals surface area (Å²) in [5.74, 6) is 2.51. The molecule has 30 heavy (non-hydrogen) atoms. The van der Waals surface area contributed by atoms with Crippen molar-refractivity contribution in [3.8, 4) is 11.5 Å². The van der Waals surface area contributed by atoms with E-state index in [-0.39, 0.29) is 0 Å². The molecule has 1 unspecified atom stereocenters. The van der Waals surface area contributed by atoms with E-state index in [2.05, 4.69) is 49.9 Å². The highest BCUT2D eigenvalue weighted by Gasteiger charge is 2.23. The number of aryl methyl sites for hydroxylation is 1. The van der Waals surface area contributed by atoms with Gasteiger partial charge >= 0.3 is 0 Å². The fourth-order valence-electron chi connectivity index (χ4n) is 3.63. The molecule has 1 fully saturated rings. The number of likely N-dealkylation sites (tertiary alicyclic amines) is 1. The molecule has 1 aromatic heterocycles. The number of aromatic nitrogens is 1. The lowest BCUT2D eigenvalue weighted by Gasteiger charge is -2.19. The predicted molar refractivity (Wildman–Crippen MR) is 123 cm³/mol. The van der Waals surface area contributed by atoms with Crippen molar-refractivity contribution in [1.82, 2.24) is 20.5 Å².